The molecule has 0 fully saturated rings. The number of nitrogens with one attached hydrogen (secondary N) is 1. The van der Waals surface area contributed by atoms with E-state index in [1.165, 1.54) is 6.92 Å². The monoisotopic (exact) mass is 333 g/mol. The van der Waals surface area contributed by atoms with Crippen molar-refractivity contribution in [2.24, 2.45) is 0 Å². The molecule has 0 radical (unpaired) electrons. The molecule has 1 N–H and O–H groups in total. The summed E-state index contributed by atoms with van der Waals surface area (Å²) in [7, 11) is 0. The Morgan fingerprint density at radius 3 is 2.52 bits per heavy atom. The summed E-state index contributed by atoms with van der Waals surface area (Å²) < 4.78 is 11.0. The fourth-order valence-corrected chi connectivity index (χ4v) is 3.03. The first-order valence-electron chi connectivity index (χ1n) is 7.86. The van der Waals surface area contributed by atoms with Crippen molar-refractivity contribution in [3.63, 3.8) is 0 Å². The summed E-state index contributed by atoms with van der Waals surface area (Å²) in [4.78, 5) is 23.5. The zero-order chi connectivity index (χ0) is 17.6. The molecule has 0 unspecified atom stereocenters. The summed E-state index contributed by atoms with van der Waals surface area (Å²) in [6, 6.07) is 13.6. The fraction of sp³-hybridized carbons (Fsp3) is 0.100. The van der Waals surface area contributed by atoms with Crippen LogP contribution in [0.5, 0.6) is 0 Å². The third-order valence-electron chi connectivity index (χ3n) is 4.25. The molecule has 1 amide bonds. The molecular weight excluding hydrogens is 318 g/mol. The number of hydrogen-bond donors (Lipinski definition) is 1. The summed E-state index contributed by atoms with van der Waals surface area (Å²) in [5.74, 6) is -0.316. The Labute approximate surface area is 142 Å². The van der Waals surface area contributed by atoms with Gasteiger partial charge in [-0.15, -0.1) is 0 Å². The van der Waals surface area contributed by atoms with Gasteiger partial charge >= 0.3 is 5.63 Å². The molecule has 4 rings (SSSR count). The van der Waals surface area contributed by atoms with Crippen molar-refractivity contribution in [1.29, 1.82) is 0 Å². The number of furan rings is 1. The summed E-state index contributed by atoms with van der Waals surface area (Å²) in [6.07, 6.45) is 1.70. The number of benzene rings is 2. The molecule has 25 heavy (non-hydrogen) atoms. The van der Waals surface area contributed by atoms with Crippen LogP contribution >= 0.6 is 0 Å². The van der Waals surface area contributed by atoms with Gasteiger partial charge in [-0.05, 0) is 24.1 Å². The van der Waals surface area contributed by atoms with Crippen LogP contribution in [-0.2, 0) is 4.79 Å². The first-order chi connectivity index (χ1) is 12.0. The van der Waals surface area contributed by atoms with E-state index in [0.29, 0.717) is 16.7 Å². The van der Waals surface area contributed by atoms with Gasteiger partial charge in [-0.25, -0.2) is 4.79 Å². The number of carbonyl (C=O) groups excluding carboxylic acids is 1. The second kappa shape index (κ2) is 5.63. The van der Waals surface area contributed by atoms with Gasteiger partial charge in [-0.1, -0.05) is 30.3 Å². The smallest absolute Gasteiger partial charge is 0.360 e. The van der Waals surface area contributed by atoms with E-state index < -0.39 is 5.63 Å². The van der Waals surface area contributed by atoms with Crippen LogP contribution in [0.1, 0.15) is 12.5 Å². The zero-order valence-electron chi connectivity index (χ0n) is 13.8. The van der Waals surface area contributed by atoms with Crippen molar-refractivity contribution in [3.05, 3.63) is 64.7 Å². The highest BCUT2D eigenvalue weighted by Crippen LogP contribution is 2.34. The molecule has 0 atom stereocenters. The molecule has 0 aliphatic rings. The Hall–Kier alpha value is -3.34. The highest BCUT2D eigenvalue weighted by atomic mass is 16.4. The second-order valence-electron chi connectivity index (χ2n) is 5.93. The lowest BCUT2D eigenvalue weighted by Crippen LogP contribution is -2.16. The minimum absolute atomic E-state index is 0.170. The van der Waals surface area contributed by atoms with Gasteiger partial charge in [-0.2, -0.15) is 0 Å². The average molecular weight is 333 g/mol. The first kappa shape index (κ1) is 15.2. The van der Waals surface area contributed by atoms with Gasteiger partial charge in [0.2, 0.25) is 5.91 Å². The molecule has 2 aromatic heterocycles. The van der Waals surface area contributed by atoms with Crippen molar-refractivity contribution < 1.29 is 13.6 Å². The molecule has 0 bridgehead atoms. The molecule has 5 nitrogen and oxygen atoms in total. The molecule has 0 spiro atoms. The summed E-state index contributed by atoms with van der Waals surface area (Å²) in [5, 5.41) is 4.23. The summed E-state index contributed by atoms with van der Waals surface area (Å²) in [5.41, 5.74) is 3.34. The molecule has 2 heterocycles. The quantitative estimate of drug-likeness (QED) is 0.549. The number of anilines is 1. The Morgan fingerprint density at radius 1 is 1.04 bits per heavy atom. The molecule has 0 saturated heterocycles. The maximum Gasteiger partial charge on any atom is 0.360 e. The number of rotatable bonds is 2. The van der Waals surface area contributed by atoms with E-state index in [0.717, 1.165) is 21.9 Å². The molecule has 2 aromatic carbocycles. The van der Waals surface area contributed by atoms with Crippen molar-refractivity contribution in [2.75, 3.05) is 5.32 Å². The predicted octanol–water partition coefficient (Wildman–Crippen LogP) is 4.47. The van der Waals surface area contributed by atoms with Crippen LogP contribution < -0.4 is 10.9 Å². The van der Waals surface area contributed by atoms with Gasteiger partial charge in [0.15, 0.2) is 0 Å². The van der Waals surface area contributed by atoms with E-state index in [1.54, 1.807) is 19.3 Å². The zero-order valence-corrected chi connectivity index (χ0v) is 13.8. The predicted molar refractivity (Wildman–Crippen MR) is 96.7 cm³/mol. The Balaban J connectivity index is 2.02. The van der Waals surface area contributed by atoms with Gasteiger partial charge in [0.25, 0.3) is 0 Å². The number of aryl methyl sites for hydroxylation is 1. The highest BCUT2D eigenvalue weighted by Gasteiger charge is 2.16. The molecule has 124 valence electrons. The molecule has 4 aromatic rings. The van der Waals surface area contributed by atoms with Gasteiger partial charge in [0.1, 0.15) is 16.9 Å². The maximum absolute atomic E-state index is 12.1. The Morgan fingerprint density at radius 2 is 1.80 bits per heavy atom. The van der Waals surface area contributed by atoms with Crippen molar-refractivity contribution in [1.82, 2.24) is 0 Å². The van der Waals surface area contributed by atoms with Gasteiger partial charge in [0, 0.05) is 29.3 Å². The van der Waals surface area contributed by atoms with Crippen LogP contribution in [0.4, 0.5) is 5.69 Å². The minimum Gasteiger partial charge on any atom is -0.464 e. The lowest BCUT2D eigenvalue weighted by molar-refractivity contribution is -0.114. The van der Waals surface area contributed by atoms with E-state index in [-0.39, 0.29) is 11.6 Å². The highest BCUT2D eigenvalue weighted by molar-refractivity contribution is 6.03. The van der Waals surface area contributed by atoms with Gasteiger partial charge in [0.05, 0.1) is 6.26 Å². The fourth-order valence-electron chi connectivity index (χ4n) is 3.03. The molecular formula is C20H15NO4. The van der Waals surface area contributed by atoms with Crippen LogP contribution in [0, 0.1) is 6.92 Å². The van der Waals surface area contributed by atoms with Gasteiger partial charge in [-0.3, -0.25) is 4.79 Å². The first-order valence-corrected chi connectivity index (χ1v) is 7.86. The largest absolute Gasteiger partial charge is 0.464 e. The third-order valence-corrected chi connectivity index (χ3v) is 4.25. The van der Waals surface area contributed by atoms with E-state index in [1.807, 2.05) is 36.4 Å². The molecule has 5 heteroatoms. The molecule has 0 aliphatic heterocycles. The Bertz CT molecular complexity index is 1170. The lowest BCUT2D eigenvalue weighted by atomic mass is 10.0. The summed E-state index contributed by atoms with van der Waals surface area (Å²) >= 11 is 0. The van der Waals surface area contributed by atoms with Crippen molar-refractivity contribution >= 4 is 33.5 Å². The van der Waals surface area contributed by atoms with E-state index >= 15 is 0 Å². The van der Waals surface area contributed by atoms with Crippen LogP contribution in [-0.4, -0.2) is 5.91 Å². The van der Waals surface area contributed by atoms with E-state index in [4.69, 9.17) is 8.83 Å². The van der Waals surface area contributed by atoms with Gasteiger partial charge < -0.3 is 14.2 Å². The van der Waals surface area contributed by atoms with Crippen LogP contribution in [0.15, 0.2) is 62.4 Å². The normalized spacial score (nSPS) is 11.1. The van der Waals surface area contributed by atoms with Crippen molar-refractivity contribution in [2.45, 2.75) is 13.8 Å². The summed E-state index contributed by atoms with van der Waals surface area (Å²) in [6.45, 7) is 3.15. The van der Waals surface area contributed by atoms with Crippen LogP contribution in [0.25, 0.3) is 33.1 Å². The lowest BCUT2D eigenvalue weighted by Gasteiger charge is -2.08. The van der Waals surface area contributed by atoms with Crippen molar-refractivity contribution in [3.8, 4) is 11.1 Å². The molecule has 0 saturated carbocycles. The Kier molecular flexibility index (Phi) is 3.42. The van der Waals surface area contributed by atoms with E-state index in [9.17, 15) is 9.59 Å². The standard InChI is InChI=1S/C20H15NO4/c1-11-14-8-15-16(13-6-4-3-5-7-13)10-24-17(15)9-18(14)25-20(23)19(11)21-12(2)22/h3-10H,1-2H3,(H,21,22). The van der Waals surface area contributed by atoms with E-state index in [2.05, 4.69) is 5.32 Å². The van der Waals surface area contributed by atoms with Crippen LogP contribution in [0.3, 0.4) is 0 Å². The topological polar surface area (TPSA) is 72.5 Å². The minimum atomic E-state index is -0.575. The SMILES string of the molecule is CC(=O)Nc1c(C)c2cc3c(-c4ccccc4)coc3cc2oc1=O. The third kappa shape index (κ3) is 2.50. The van der Waals surface area contributed by atoms with Crippen LogP contribution in [0.2, 0.25) is 0 Å². The number of fused-ring (bicyclic) bond motifs is 2. The maximum atomic E-state index is 12.1. The number of carbonyl (C=O) groups is 1. The average Bonchev–Trinajstić information content (AvgIpc) is 3.00. The molecule has 0 aliphatic carbocycles. The second-order valence-corrected chi connectivity index (χ2v) is 5.93. The number of hydrogen-bond acceptors (Lipinski definition) is 4. The number of amides is 1.